The largest absolute Gasteiger partial charge is 0.464 e. The van der Waals surface area contributed by atoms with Crippen molar-refractivity contribution in [1.82, 2.24) is 5.32 Å². The number of amides is 1. The molecule has 4 heteroatoms. The number of ether oxygens (including phenoxy) is 1. The molecule has 1 fully saturated rings. The molecule has 3 atom stereocenters. The van der Waals surface area contributed by atoms with Crippen molar-refractivity contribution >= 4 is 12.4 Å². The highest BCUT2D eigenvalue weighted by atomic mass is 16.5. The first kappa shape index (κ1) is 13.9. The Hall–Kier alpha value is -2.10. The number of hydrogen-bond donors (Lipinski definition) is 1. The van der Waals surface area contributed by atoms with Gasteiger partial charge in [0.15, 0.2) is 0 Å². The molecule has 1 N–H and O–H groups in total. The molecule has 2 bridgehead atoms. The van der Waals surface area contributed by atoms with Gasteiger partial charge < -0.3 is 10.1 Å². The lowest BCUT2D eigenvalue weighted by Crippen LogP contribution is -2.33. The predicted octanol–water partition coefficient (Wildman–Crippen LogP) is 1.85. The minimum absolute atomic E-state index is 0.0161. The third-order valence-electron chi connectivity index (χ3n) is 4.39. The molecule has 1 saturated carbocycles. The first-order chi connectivity index (χ1) is 10.3. The SMILES string of the molecule is O=COC1CC2C=C(C(=O)NCCc3ccccc3)C1C2. The Balaban J connectivity index is 1.52. The first-order valence-electron chi connectivity index (χ1n) is 7.41. The summed E-state index contributed by atoms with van der Waals surface area (Å²) in [5, 5.41) is 2.97. The zero-order valence-corrected chi connectivity index (χ0v) is 11.8. The standard InChI is InChI=1S/C17H19NO3/c19-11-21-16-10-13-8-14(16)15(9-13)17(20)18-7-6-12-4-2-1-3-5-12/h1-5,9,11,13-14,16H,6-8,10H2,(H,18,20). The smallest absolute Gasteiger partial charge is 0.293 e. The normalized spacial score (nSPS) is 26.3. The number of hydrogen-bond acceptors (Lipinski definition) is 3. The molecule has 21 heavy (non-hydrogen) atoms. The molecule has 0 spiro atoms. The Labute approximate surface area is 124 Å². The van der Waals surface area contributed by atoms with Crippen LogP contribution in [-0.4, -0.2) is 25.0 Å². The second kappa shape index (κ2) is 6.12. The predicted molar refractivity (Wildman–Crippen MR) is 78.4 cm³/mol. The van der Waals surface area contributed by atoms with Crippen LogP contribution in [0.3, 0.4) is 0 Å². The quantitative estimate of drug-likeness (QED) is 0.812. The fourth-order valence-electron chi connectivity index (χ4n) is 3.41. The molecular formula is C17H19NO3. The molecule has 2 aliphatic rings. The molecule has 4 nitrogen and oxygen atoms in total. The van der Waals surface area contributed by atoms with Crippen LogP contribution in [0.25, 0.3) is 0 Å². The molecule has 1 aromatic rings. The van der Waals surface area contributed by atoms with Gasteiger partial charge in [-0.15, -0.1) is 0 Å². The Bertz CT molecular complexity index is 552. The summed E-state index contributed by atoms with van der Waals surface area (Å²) in [6.07, 6.45) is 4.53. The van der Waals surface area contributed by atoms with Crippen molar-refractivity contribution in [3.8, 4) is 0 Å². The second-order valence-electron chi connectivity index (χ2n) is 5.72. The fourth-order valence-corrected chi connectivity index (χ4v) is 3.41. The lowest BCUT2D eigenvalue weighted by molar-refractivity contribution is -0.135. The van der Waals surface area contributed by atoms with Crippen LogP contribution in [0.5, 0.6) is 0 Å². The lowest BCUT2D eigenvalue weighted by atomic mass is 9.95. The van der Waals surface area contributed by atoms with Gasteiger partial charge in [-0.25, -0.2) is 0 Å². The van der Waals surface area contributed by atoms with Crippen molar-refractivity contribution in [2.45, 2.75) is 25.4 Å². The van der Waals surface area contributed by atoms with Crippen molar-refractivity contribution in [1.29, 1.82) is 0 Å². The summed E-state index contributed by atoms with van der Waals surface area (Å²) in [6.45, 7) is 1.12. The zero-order valence-electron chi connectivity index (χ0n) is 11.8. The number of allylic oxidation sites excluding steroid dienone is 1. The molecule has 3 unspecified atom stereocenters. The summed E-state index contributed by atoms with van der Waals surface area (Å²) in [4.78, 5) is 22.8. The van der Waals surface area contributed by atoms with E-state index < -0.39 is 0 Å². The van der Waals surface area contributed by atoms with Crippen LogP contribution in [0, 0.1) is 11.8 Å². The highest BCUT2D eigenvalue weighted by molar-refractivity contribution is 5.94. The maximum Gasteiger partial charge on any atom is 0.293 e. The maximum atomic E-state index is 12.3. The molecule has 110 valence electrons. The molecule has 1 aromatic carbocycles. The Morgan fingerprint density at radius 3 is 2.81 bits per heavy atom. The molecule has 2 aliphatic carbocycles. The van der Waals surface area contributed by atoms with E-state index in [-0.39, 0.29) is 17.9 Å². The molecule has 0 radical (unpaired) electrons. The van der Waals surface area contributed by atoms with Crippen LogP contribution < -0.4 is 5.32 Å². The topological polar surface area (TPSA) is 55.4 Å². The van der Waals surface area contributed by atoms with Gasteiger partial charge in [-0.3, -0.25) is 9.59 Å². The average Bonchev–Trinajstić information content (AvgIpc) is 3.09. The van der Waals surface area contributed by atoms with Gasteiger partial charge in [0.1, 0.15) is 6.10 Å². The Morgan fingerprint density at radius 2 is 2.10 bits per heavy atom. The van der Waals surface area contributed by atoms with E-state index in [4.69, 9.17) is 4.74 Å². The minimum atomic E-state index is -0.118. The summed E-state index contributed by atoms with van der Waals surface area (Å²) >= 11 is 0. The van der Waals surface area contributed by atoms with Gasteiger partial charge in [-0.05, 0) is 30.7 Å². The Morgan fingerprint density at radius 1 is 1.29 bits per heavy atom. The number of benzene rings is 1. The van der Waals surface area contributed by atoms with Gasteiger partial charge in [-0.1, -0.05) is 36.4 Å². The maximum absolute atomic E-state index is 12.3. The lowest BCUT2D eigenvalue weighted by Gasteiger charge is -2.21. The second-order valence-corrected chi connectivity index (χ2v) is 5.72. The highest BCUT2D eigenvalue weighted by Crippen LogP contribution is 2.45. The summed E-state index contributed by atoms with van der Waals surface area (Å²) in [5.41, 5.74) is 2.01. The fraction of sp³-hybridized carbons (Fsp3) is 0.412. The molecule has 0 aliphatic heterocycles. The third-order valence-corrected chi connectivity index (χ3v) is 4.39. The van der Waals surface area contributed by atoms with E-state index >= 15 is 0 Å². The van der Waals surface area contributed by atoms with Gasteiger partial charge >= 0.3 is 0 Å². The van der Waals surface area contributed by atoms with Gasteiger partial charge in [0.05, 0.1) is 0 Å². The van der Waals surface area contributed by atoms with Crippen LogP contribution >= 0.6 is 0 Å². The van der Waals surface area contributed by atoms with Crippen LogP contribution in [0.2, 0.25) is 0 Å². The number of carbonyl (C=O) groups is 2. The van der Waals surface area contributed by atoms with E-state index in [2.05, 4.69) is 17.4 Å². The van der Waals surface area contributed by atoms with Crippen molar-refractivity contribution in [3.05, 3.63) is 47.5 Å². The number of nitrogens with one attached hydrogen (secondary N) is 1. The molecule has 1 amide bonds. The van der Waals surface area contributed by atoms with Crippen LogP contribution in [0.4, 0.5) is 0 Å². The zero-order chi connectivity index (χ0) is 14.7. The number of carbonyl (C=O) groups excluding carboxylic acids is 2. The van der Waals surface area contributed by atoms with Gasteiger partial charge in [0.2, 0.25) is 5.91 Å². The van der Waals surface area contributed by atoms with Crippen molar-refractivity contribution in [2.75, 3.05) is 6.54 Å². The Kier molecular flexibility index (Phi) is 4.04. The summed E-state index contributed by atoms with van der Waals surface area (Å²) < 4.78 is 5.09. The van der Waals surface area contributed by atoms with E-state index in [1.165, 1.54) is 5.56 Å². The monoisotopic (exact) mass is 285 g/mol. The molecule has 0 aromatic heterocycles. The van der Waals surface area contributed by atoms with E-state index in [0.717, 1.165) is 24.8 Å². The minimum Gasteiger partial charge on any atom is -0.464 e. The van der Waals surface area contributed by atoms with E-state index in [1.807, 2.05) is 24.3 Å². The third kappa shape index (κ3) is 2.99. The summed E-state index contributed by atoms with van der Waals surface area (Å²) in [6, 6.07) is 10.1. The van der Waals surface area contributed by atoms with Gasteiger partial charge in [0.25, 0.3) is 6.47 Å². The van der Waals surface area contributed by atoms with Crippen LogP contribution in [-0.2, 0) is 20.7 Å². The van der Waals surface area contributed by atoms with Crippen LogP contribution in [0.15, 0.2) is 42.0 Å². The number of fused-ring (bicyclic) bond motifs is 2. The summed E-state index contributed by atoms with van der Waals surface area (Å²) in [7, 11) is 0. The average molecular weight is 285 g/mol. The van der Waals surface area contributed by atoms with E-state index in [1.54, 1.807) is 0 Å². The van der Waals surface area contributed by atoms with E-state index in [9.17, 15) is 9.59 Å². The van der Waals surface area contributed by atoms with Crippen molar-refractivity contribution in [3.63, 3.8) is 0 Å². The molecule has 0 saturated heterocycles. The van der Waals surface area contributed by atoms with Crippen molar-refractivity contribution in [2.24, 2.45) is 11.8 Å². The van der Waals surface area contributed by atoms with Crippen molar-refractivity contribution < 1.29 is 14.3 Å². The van der Waals surface area contributed by atoms with Gasteiger partial charge in [-0.2, -0.15) is 0 Å². The highest BCUT2D eigenvalue weighted by Gasteiger charge is 2.44. The molecule has 3 rings (SSSR count). The first-order valence-corrected chi connectivity index (χ1v) is 7.41. The van der Waals surface area contributed by atoms with E-state index in [0.29, 0.717) is 18.9 Å². The summed E-state index contributed by atoms with van der Waals surface area (Å²) in [5.74, 6) is 0.448. The van der Waals surface area contributed by atoms with Gasteiger partial charge in [0, 0.05) is 18.0 Å². The molecule has 0 heterocycles. The number of rotatable bonds is 6. The molecular weight excluding hydrogens is 266 g/mol. The van der Waals surface area contributed by atoms with Crippen LogP contribution in [0.1, 0.15) is 18.4 Å².